The van der Waals surface area contributed by atoms with E-state index in [1.807, 2.05) is 6.26 Å². The molecule has 2 aliphatic rings. The Kier molecular flexibility index (Phi) is 1.75. The van der Waals surface area contributed by atoms with Crippen LogP contribution in [0.25, 0.3) is 0 Å². The van der Waals surface area contributed by atoms with Gasteiger partial charge in [0, 0.05) is 6.54 Å². The molecule has 1 N–H and O–H groups in total. The minimum atomic E-state index is 0.492. The number of hydrogen-bond donors (Lipinski definition) is 1. The number of nitrogens with one attached hydrogen (secondary N) is 1. The van der Waals surface area contributed by atoms with Crippen molar-refractivity contribution in [2.45, 2.75) is 38.6 Å². The summed E-state index contributed by atoms with van der Waals surface area (Å²) in [7, 11) is 0. The van der Waals surface area contributed by atoms with E-state index in [4.69, 9.17) is 4.42 Å². The number of furan rings is 1. The van der Waals surface area contributed by atoms with Crippen LogP contribution >= 0.6 is 0 Å². The molecule has 1 aromatic heterocycles. The predicted octanol–water partition coefficient (Wildman–Crippen LogP) is 2.66. The van der Waals surface area contributed by atoms with Gasteiger partial charge in [0.05, 0.1) is 12.3 Å². The van der Waals surface area contributed by atoms with E-state index in [2.05, 4.69) is 18.3 Å². The van der Waals surface area contributed by atoms with E-state index in [0.29, 0.717) is 11.5 Å². The van der Waals surface area contributed by atoms with Gasteiger partial charge in [-0.2, -0.15) is 0 Å². The van der Waals surface area contributed by atoms with Crippen molar-refractivity contribution in [2.75, 3.05) is 6.54 Å². The van der Waals surface area contributed by atoms with Gasteiger partial charge < -0.3 is 9.73 Å². The highest BCUT2D eigenvalue weighted by Gasteiger charge is 2.50. The lowest BCUT2D eigenvalue weighted by Gasteiger charge is -2.29. The molecule has 0 saturated heterocycles. The van der Waals surface area contributed by atoms with E-state index in [-0.39, 0.29) is 0 Å². The Balaban J connectivity index is 1.96. The number of hydrogen-bond acceptors (Lipinski definition) is 2. The van der Waals surface area contributed by atoms with Crippen molar-refractivity contribution in [3.05, 3.63) is 23.7 Å². The molecule has 2 heteroatoms. The van der Waals surface area contributed by atoms with Crippen molar-refractivity contribution in [2.24, 2.45) is 5.41 Å². The third-order valence-corrected chi connectivity index (χ3v) is 3.99. The molecule has 0 amide bonds. The third-order valence-electron chi connectivity index (χ3n) is 3.99. The number of rotatable bonds is 2. The molecule has 2 heterocycles. The Morgan fingerprint density at radius 2 is 2.43 bits per heavy atom. The molecule has 14 heavy (non-hydrogen) atoms. The van der Waals surface area contributed by atoms with Crippen LogP contribution < -0.4 is 5.32 Å². The van der Waals surface area contributed by atoms with Crippen LogP contribution in [0, 0.1) is 5.41 Å². The second-order valence-electron chi connectivity index (χ2n) is 4.66. The summed E-state index contributed by atoms with van der Waals surface area (Å²) in [4.78, 5) is 0. The smallest absolute Gasteiger partial charge is 0.124 e. The largest absolute Gasteiger partial charge is 0.467 e. The summed E-state index contributed by atoms with van der Waals surface area (Å²) < 4.78 is 5.63. The quantitative estimate of drug-likeness (QED) is 0.777. The minimum Gasteiger partial charge on any atom is -0.467 e. The van der Waals surface area contributed by atoms with Crippen LogP contribution in [0.4, 0.5) is 0 Å². The van der Waals surface area contributed by atoms with E-state index < -0.39 is 0 Å². The van der Waals surface area contributed by atoms with Gasteiger partial charge in [-0.3, -0.25) is 0 Å². The lowest BCUT2D eigenvalue weighted by Crippen LogP contribution is -2.34. The fraction of sp³-hybridized carbons (Fsp3) is 0.667. The zero-order valence-corrected chi connectivity index (χ0v) is 8.68. The van der Waals surface area contributed by atoms with Crippen molar-refractivity contribution in [1.82, 2.24) is 5.32 Å². The Bertz CT molecular complexity index is 338. The van der Waals surface area contributed by atoms with Crippen molar-refractivity contribution in [3.63, 3.8) is 0 Å². The molecule has 3 rings (SSSR count). The zero-order chi connectivity index (χ0) is 9.60. The molecule has 0 radical (unpaired) electrons. The molecule has 1 aliphatic carbocycles. The average Bonchev–Trinajstić information content (AvgIpc) is 2.87. The molecular formula is C12H17NO. The molecule has 2 nitrogen and oxygen atoms in total. The zero-order valence-electron chi connectivity index (χ0n) is 8.68. The first kappa shape index (κ1) is 8.54. The standard InChI is InChI=1S/C12H17NO/c1-2-12(5-6-12)11-10-9(3-7-13-11)4-8-14-10/h4,8,11,13H,2-3,5-7H2,1H3. The average molecular weight is 191 g/mol. The molecular weight excluding hydrogens is 174 g/mol. The van der Waals surface area contributed by atoms with E-state index in [0.717, 1.165) is 13.0 Å². The summed E-state index contributed by atoms with van der Waals surface area (Å²) in [6.45, 7) is 3.41. The van der Waals surface area contributed by atoms with Gasteiger partial charge >= 0.3 is 0 Å². The fourth-order valence-corrected chi connectivity index (χ4v) is 2.75. The highest BCUT2D eigenvalue weighted by Crippen LogP contribution is 2.58. The lowest BCUT2D eigenvalue weighted by molar-refractivity contribution is 0.269. The van der Waals surface area contributed by atoms with E-state index in [9.17, 15) is 0 Å². The first-order chi connectivity index (χ1) is 6.86. The SMILES string of the molecule is CCC1(C2NCCc3ccoc32)CC1. The minimum absolute atomic E-state index is 0.492. The van der Waals surface area contributed by atoms with Crippen LogP contribution in [0.1, 0.15) is 43.6 Å². The molecule has 1 fully saturated rings. The Morgan fingerprint density at radius 1 is 1.57 bits per heavy atom. The van der Waals surface area contributed by atoms with Gasteiger partial charge in [0.1, 0.15) is 5.76 Å². The predicted molar refractivity (Wildman–Crippen MR) is 55.1 cm³/mol. The summed E-state index contributed by atoms with van der Waals surface area (Å²) in [5, 5.41) is 3.62. The summed E-state index contributed by atoms with van der Waals surface area (Å²) in [5.74, 6) is 1.22. The van der Waals surface area contributed by atoms with Gasteiger partial charge in [-0.15, -0.1) is 0 Å². The van der Waals surface area contributed by atoms with Crippen LogP contribution in [0.2, 0.25) is 0 Å². The summed E-state index contributed by atoms with van der Waals surface area (Å²) in [6.07, 6.45) is 6.96. The maximum absolute atomic E-state index is 5.63. The van der Waals surface area contributed by atoms with E-state index >= 15 is 0 Å². The second kappa shape index (κ2) is 2.86. The van der Waals surface area contributed by atoms with Gasteiger partial charge in [0.15, 0.2) is 0 Å². The van der Waals surface area contributed by atoms with Crippen molar-refractivity contribution in [1.29, 1.82) is 0 Å². The fourth-order valence-electron chi connectivity index (χ4n) is 2.75. The van der Waals surface area contributed by atoms with Crippen molar-refractivity contribution < 1.29 is 4.42 Å². The third kappa shape index (κ3) is 1.07. The first-order valence-electron chi connectivity index (χ1n) is 5.65. The monoisotopic (exact) mass is 191 g/mol. The van der Waals surface area contributed by atoms with Gasteiger partial charge in [-0.1, -0.05) is 6.92 Å². The summed E-state index contributed by atoms with van der Waals surface area (Å²) >= 11 is 0. The van der Waals surface area contributed by atoms with Crippen LogP contribution in [-0.4, -0.2) is 6.54 Å². The summed E-state index contributed by atoms with van der Waals surface area (Å²) in [6, 6.07) is 2.63. The molecule has 76 valence electrons. The maximum Gasteiger partial charge on any atom is 0.124 e. The molecule has 1 aliphatic heterocycles. The Morgan fingerprint density at radius 3 is 3.14 bits per heavy atom. The van der Waals surface area contributed by atoms with Crippen molar-refractivity contribution in [3.8, 4) is 0 Å². The van der Waals surface area contributed by atoms with Crippen molar-refractivity contribution >= 4 is 0 Å². The molecule has 0 spiro atoms. The molecule has 1 aromatic rings. The maximum atomic E-state index is 5.63. The van der Waals surface area contributed by atoms with Gasteiger partial charge in [0.25, 0.3) is 0 Å². The van der Waals surface area contributed by atoms with Crippen LogP contribution in [0.3, 0.4) is 0 Å². The van der Waals surface area contributed by atoms with Crippen LogP contribution in [0.5, 0.6) is 0 Å². The topological polar surface area (TPSA) is 25.2 Å². The summed E-state index contributed by atoms with van der Waals surface area (Å²) in [5.41, 5.74) is 1.95. The van der Waals surface area contributed by atoms with E-state index in [1.165, 1.54) is 30.6 Å². The second-order valence-corrected chi connectivity index (χ2v) is 4.66. The molecule has 1 saturated carbocycles. The highest BCUT2D eigenvalue weighted by molar-refractivity contribution is 5.27. The Hall–Kier alpha value is -0.760. The molecule has 0 aromatic carbocycles. The molecule has 1 unspecified atom stereocenters. The van der Waals surface area contributed by atoms with Crippen LogP contribution in [-0.2, 0) is 6.42 Å². The highest BCUT2D eigenvalue weighted by atomic mass is 16.3. The normalized spacial score (nSPS) is 28.5. The van der Waals surface area contributed by atoms with Gasteiger partial charge in [0.2, 0.25) is 0 Å². The lowest BCUT2D eigenvalue weighted by atomic mass is 9.87. The van der Waals surface area contributed by atoms with Gasteiger partial charge in [-0.25, -0.2) is 0 Å². The molecule has 1 atom stereocenters. The number of fused-ring (bicyclic) bond motifs is 1. The molecule has 0 bridgehead atoms. The Labute approximate surface area is 84.7 Å². The van der Waals surface area contributed by atoms with E-state index in [1.54, 1.807) is 0 Å². The van der Waals surface area contributed by atoms with Gasteiger partial charge in [-0.05, 0) is 42.7 Å². The first-order valence-corrected chi connectivity index (χ1v) is 5.65. The van der Waals surface area contributed by atoms with Crippen LogP contribution in [0.15, 0.2) is 16.7 Å².